The van der Waals surface area contributed by atoms with E-state index in [1.54, 1.807) is 0 Å². The molecule has 0 aromatic rings. The topological polar surface area (TPSA) is 164 Å². The van der Waals surface area contributed by atoms with E-state index in [-0.39, 0.29) is 36.5 Å². The van der Waals surface area contributed by atoms with Crippen molar-refractivity contribution in [3.63, 3.8) is 0 Å². The summed E-state index contributed by atoms with van der Waals surface area (Å²) in [4.78, 5) is 0. The van der Waals surface area contributed by atoms with Crippen molar-refractivity contribution in [2.75, 3.05) is 0 Å². The van der Waals surface area contributed by atoms with E-state index < -0.39 is 21.8 Å². The van der Waals surface area contributed by atoms with Gasteiger partial charge in [-0.25, -0.2) is 0 Å². The van der Waals surface area contributed by atoms with E-state index in [4.69, 9.17) is 30.8 Å². The smallest absolute Gasteiger partial charge is 1.00 e. The molecule has 0 amide bonds. The molecule has 0 saturated heterocycles. The van der Waals surface area contributed by atoms with E-state index in [2.05, 4.69) is 0 Å². The van der Waals surface area contributed by atoms with Crippen molar-refractivity contribution < 1.29 is 67.3 Å². The Hall–Kier alpha value is 0.900. The molecule has 11 heteroatoms. The SMILES string of the molecule is O.O=S(=O)(O)O.O=S(O)O.[H-].[Na+]. The van der Waals surface area contributed by atoms with E-state index in [0.29, 0.717) is 0 Å². The quantitative estimate of drug-likeness (QED) is 0.182. The van der Waals surface area contributed by atoms with Gasteiger partial charge in [0.25, 0.3) is 11.4 Å². The van der Waals surface area contributed by atoms with Crippen LogP contribution in [-0.4, -0.2) is 36.3 Å². The number of hydrogen-bond acceptors (Lipinski definition) is 3. The van der Waals surface area contributed by atoms with Gasteiger partial charge < -0.3 is 6.90 Å². The summed E-state index contributed by atoms with van der Waals surface area (Å²) in [6, 6.07) is 0. The normalized spacial score (nSPS) is 8.45. The van der Waals surface area contributed by atoms with E-state index >= 15 is 0 Å². The Labute approximate surface area is 88.8 Å². The van der Waals surface area contributed by atoms with Crippen molar-refractivity contribution in [1.82, 2.24) is 0 Å². The molecule has 0 fully saturated rings. The maximum absolute atomic E-state index is 8.74. The van der Waals surface area contributed by atoms with E-state index in [9.17, 15) is 0 Å². The molecule has 0 saturated carbocycles. The molecule has 0 bridgehead atoms. The summed E-state index contributed by atoms with van der Waals surface area (Å²) in [6.45, 7) is 0. The Morgan fingerprint density at radius 3 is 1.18 bits per heavy atom. The second-order valence-electron chi connectivity index (χ2n) is 0.679. The fourth-order valence-electron chi connectivity index (χ4n) is 0. The minimum absolute atomic E-state index is 0. The predicted molar refractivity (Wildman–Crippen MR) is 32.3 cm³/mol. The third-order valence-electron chi connectivity index (χ3n) is 0. The van der Waals surface area contributed by atoms with E-state index in [1.165, 1.54) is 0 Å². The van der Waals surface area contributed by atoms with Crippen LogP contribution in [0.1, 0.15) is 1.43 Å². The fourth-order valence-corrected chi connectivity index (χ4v) is 0. The Kier molecular flexibility index (Phi) is 22.4. The van der Waals surface area contributed by atoms with Crippen molar-refractivity contribution in [3.05, 3.63) is 0 Å². The molecule has 0 aliphatic rings. The van der Waals surface area contributed by atoms with Gasteiger partial charge in [-0.05, 0) is 0 Å². The van der Waals surface area contributed by atoms with Gasteiger partial charge >= 0.3 is 40.0 Å². The monoisotopic (exact) mass is 222 g/mol. The molecule has 0 radical (unpaired) electrons. The number of rotatable bonds is 0. The Morgan fingerprint density at radius 2 is 1.18 bits per heavy atom. The molecular weight excluding hydrogens is 215 g/mol. The minimum atomic E-state index is -4.67. The van der Waals surface area contributed by atoms with Crippen LogP contribution in [0.5, 0.6) is 0 Å². The molecule has 0 atom stereocenters. The summed E-state index contributed by atoms with van der Waals surface area (Å²) < 4.78 is 54.4. The molecule has 0 unspecified atom stereocenters. The molecule has 0 heterocycles. The van der Waals surface area contributed by atoms with Crippen LogP contribution in [0, 0.1) is 0 Å². The summed E-state index contributed by atoms with van der Waals surface area (Å²) in [7, 11) is -4.67. The van der Waals surface area contributed by atoms with E-state index in [1.807, 2.05) is 0 Å². The van der Waals surface area contributed by atoms with Crippen LogP contribution in [0.15, 0.2) is 0 Å². The molecule has 0 spiro atoms. The predicted octanol–water partition coefficient (Wildman–Crippen LogP) is -4.68. The van der Waals surface area contributed by atoms with Crippen molar-refractivity contribution >= 4 is 21.8 Å². The first-order valence-electron chi connectivity index (χ1n) is 1.23. The molecule has 11 heavy (non-hydrogen) atoms. The van der Waals surface area contributed by atoms with Crippen molar-refractivity contribution in [3.8, 4) is 0 Å². The average molecular weight is 222 g/mol. The third-order valence-corrected chi connectivity index (χ3v) is 0. The maximum atomic E-state index is 8.74. The molecule has 0 aromatic heterocycles. The molecule has 6 N–H and O–H groups in total. The van der Waals surface area contributed by atoms with Crippen LogP contribution < -0.4 is 29.6 Å². The van der Waals surface area contributed by atoms with Gasteiger partial charge in [0.2, 0.25) is 0 Å². The largest absolute Gasteiger partial charge is 1.00 e. The third kappa shape index (κ3) is 1070. The summed E-state index contributed by atoms with van der Waals surface area (Å²) in [5, 5.41) is 0. The average Bonchev–Trinajstić information content (AvgIpc) is 1.19. The molecule has 0 aliphatic heterocycles. The molecule has 0 aliphatic carbocycles. The van der Waals surface area contributed by atoms with Gasteiger partial charge in [0.05, 0.1) is 0 Å². The zero-order valence-electron chi connectivity index (χ0n) is 6.33. The summed E-state index contributed by atoms with van der Waals surface area (Å²) >= 11 is -2.61. The standard InChI is InChI=1S/Na.H2O4S.H2O3S.H2O.H/c;1-5(2,3)4;1-4(2)3;;/h;(H2,1,2,3,4);(H2,1,2,3);1H2;/q+1;;;;-1. The van der Waals surface area contributed by atoms with Gasteiger partial charge in [0, 0.05) is 0 Å². The molecule has 8 nitrogen and oxygen atoms in total. The maximum Gasteiger partial charge on any atom is 1.00 e. The first-order chi connectivity index (χ1) is 3.73. The molecule has 0 rings (SSSR count). The van der Waals surface area contributed by atoms with Gasteiger partial charge in [0.1, 0.15) is 0 Å². The van der Waals surface area contributed by atoms with Crippen molar-refractivity contribution in [1.29, 1.82) is 0 Å². The molecular formula is H7NaO8S2. The summed E-state index contributed by atoms with van der Waals surface area (Å²) in [5.41, 5.74) is 0. The number of hydrogen-bond donors (Lipinski definition) is 4. The Bertz CT molecular complexity index is 159. The summed E-state index contributed by atoms with van der Waals surface area (Å²) in [6.07, 6.45) is 0. The van der Waals surface area contributed by atoms with Crippen LogP contribution in [0.4, 0.5) is 0 Å². The first-order valence-corrected chi connectivity index (χ1v) is 3.69. The Morgan fingerprint density at radius 1 is 1.18 bits per heavy atom. The van der Waals surface area contributed by atoms with Gasteiger partial charge in [-0.1, -0.05) is 0 Å². The van der Waals surface area contributed by atoms with Crippen molar-refractivity contribution in [2.45, 2.75) is 0 Å². The van der Waals surface area contributed by atoms with Crippen LogP contribution in [0.2, 0.25) is 0 Å². The van der Waals surface area contributed by atoms with Crippen molar-refractivity contribution in [2.24, 2.45) is 0 Å². The van der Waals surface area contributed by atoms with Gasteiger partial charge in [0.15, 0.2) is 0 Å². The Balaban J connectivity index is -0.0000000221. The van der Waals surface area contributed by atoms with Crippen LogP contribution in [-0.2, 0) is 21.8 Å². The minimum Gasteiger partial charge on any atom is -1.00 e. The molecule has 68 valence electrons. The zero-order valence-corrected chi connectivity index (χ0v) is 8.96. The summed E-state index contributed by atoms with van der Waals surface area (Å²) in [5.74, 6) is 0. The first kappa shape index (κ1) is 22.7. The second-order valence-corrected chi connectivity index (χ2v) is 2.04. The van der Waals surface area contributed by atoms with E-state index in [0.717, 1.165) is 0 Å². The molecule has 0 aromatic carbocycles. The van der Waals surface area contributed by atoms with Gasteiger partial charge in [-0.3, -0.25) is 18.2 Å². The van der Waals surface area contributed by atoms with Crippen LogP contribution in [0.25, 0.3) is 0 Å². The second kappa shape index (κ2) is 10.9. The fraction of sp³-hybridized carbons (Fsp3) is 0. The van der Waals surface area contributed by atoms with Gasteiger partial charge in [-0.2, -0.15) is 12.6 Å². The van der Waals surface area contributed by atoms with Gasteiger partial charge in [-0.15, -0.1) is 0 Å². The van der Waals surface area contributed by atoms with Crippen LogP contribution >= 0.6 is 0 Å². The van der Waals surface area contributed by atoms with Crippen LogP contribution in [0.3, 0.4) is 0 Å². The zero-order chi connectivity index (χ0) is 8.08.